The van der Waals surface area contributed by atoms with E-state index in [-0.39, 0.29) is 6.42 Å². The normalized spacial score (nSPS) is 24.0. The number of hydrogen-bond acceptors (Lipinski definition) is 3. The molecule has 0 bridgehead atoms. The van der Waals surface area contributed by atoms with Crippen LogP contribution in [0.25, 0.3) is 11.1 Å². The van der Waals surface area contributed by atoms with Gasteiger partial charge in [0.15, 0.2) is 5.58 Å². The Kier molecular flexibility index (Phi) is 2.04. The lowest BCUT2D eigenvalue weighted by molar-refractivity contribution is 0.0533. The van der Waals surface area contributed by atoms with E-state index >= 15 is 0 Å². The first-order valence-corrected chi connectivity index (χ1v) is 6.58. The number of hydrogen-bond donors (Lipinski definition) is 0. The van der Waals surface area contributed by atoms with Crippen molar-refractivity contribution in [1.29, 1.82) is 0 Å². The third-order valence-electron chi connectivity index (χ3n) is 4.48. The summed E-state index contributed by atoms with van der Waals surface area (Å²) in [5.41, 5.74) is 0.833. The summed E-state index contributed by atoms with van der Waals surface area (Å²) in [5.74, 6) is -2.44. The number of rotatable bonds is 1. The molecular weight excluding hydrogens is 250 g/mol. The molecule has 1 aromatic heterocycles. The summed E-state index contributed by atoms with van der Waals surface area (Å²) >= 11 is 0. The van der Waals surface area contributed by atoms with Crippen LogP contribution >= 0.6 is 0 Å². The summed E-state index contributed by atoms with van der Waals surface area (Å²) in [7, 11) is 0. The van der Waals surface area contributed by atoms with Gasteiger partial charge in [-0.3, -0.25) is 0 Å². The number of para-hydroxylation sites is 2. The Hall–Kier alpha value is -1.65. The van der Waals surface area contributed by atoms with E-state index in [1.165, 1.54) is 0 Å². The summed E-state index contributed by atoms with van der Waals surface area (Å²) in [6, 6.07) is 8.12. The van der Waals surface area contributed by atoms with Crippen LogP contribution in [0.1, 0.15) is 19.3 Å². The molecule has 0 radical (unpaired) electrons. The lowest BCUT2D eigenvalue weighted by Crippen LogP contribution is -2.36. The average molecular weight is 264 g/mol. The Morgan fingerprint density at radius 1 is 1.16 bits per heavy atom. The quantitative estimate of drug-likeness (QED) is 0.790. The predicted molar refractivity (Wildman–Crippen MR) is 67.5 cm³/mol. The number of halogens is 2. The summed E-state index contributed by atoms with van der Waals surface area (Å²) in [6.45, 7) is 1.20. The molecule has 3 nitrogen and oxygen atoms in total. The summed E-state index contributed by atoms with van der Waals surface area (Å²) in [5, 5.41) is 0. The highest BCUT2D eigenvalue weighted by Gasteiger charge is 2.70. The second-order valence-electron chi connectivity index (χ2n) is 5.61. The van der Waals surface area contributed by atoms with Crippen LogP contribution in [0, 0.1) is 5.41 Å². The van der Waals surface area contributed by atoms with Gasteiger partial charge in [-0.1, -0.05) is 12.1 Å². The molecule has 2 fully saturated rings. The van der Waals surface area contributed by atoms with Crippen molar-refractivity contribution in [1.82, 2.24) is 4.98 Å². The Morgan fingerprint density at radius 3 is 2.47 bits per heavy atom. The van der Waals surface area contributed by atoms with Gasteiger partial charge in [-0.2, -0.15) is 4.98 Å². The van der Waals surface area contributed by atoms with Crippen LogP contribution in [0.4, 0.5) is 14.8 Å². The van der Waals surface area contributed by atoms with Crippen molar-refractivity contribution in [3.63, 3.8) is 0 Å². The molecule has 2 aromatic rings. The highest BCUT2D eigenvalue weighted by molar-refractivity contribution is 5.74. The van der Waals surface area contributed by atoms with Crippen molar-refractivity contribution in [2.45, 2.75) is 25.2 Å². The van der Waals surface area contributed by atoms with E-state index < -0.39 is 11.3 Å². The highest BCUT2D eigenvalue weighted by Crippen LogP contribution is 2.65. The van der Waals surface area contributed by atoms with Crippen molar-refractivity contribution < 1.29 is 13.2 Å². The molecule has 4 rings (SSSR count). The zero-order valence-electron chi connectivity index (χ0n) is 10.4. The van der Waals surface area contributed by atoms with Crippen LogP contribution in [0.5, 0.6) is 0 Å². The van der Waals surface area contributed by atoms with Crippen molar-refractivity contribution in [2.24, 2.45) is 5.41 Å². The number of benzene rings is 1. The first-order valence-electron chi connectivity index (χ1n) is 6.58. The van der Waals surface area contributed by atoms with Gasteiger partial charge >= 0.3 is 0 Å². The molecule has 1 aliphatic heterocycles. The molecule has 19 heavy (non-hydrogen) atoms. The summed E-state index contributed by atoms with van der Waals surface area (Å²) in [6.07, 6.45) is 1.11. The number of piperidine rings is 1. The third-order valence-corrected chi connectivity index (χ3v) is 4.48. The first-order chi connectivity index (χ1) is 9.10. The fourth-order valence-electron chi connectivity index (χ4n) is 3.04. The van der Waals surface area contributed by atoms with E-state index in [1.807, 2.05) is 29.2 Å². The maximum absolute atomic E-state index is 13.3. The molecule has 100 valence electrons. The Bertz CT molecular complexity index is 596. The van der Waals surface area contributed by atoms with E-state index in [9.17, 15) is 8.78 Å². The lowest BCUT2D eigenvalue weighted by atomic mass is 9.93. The van der Waals surface area contributed by atoms with E-state index in [1.54, 1.807) is 0 Å². The Morgan fingerprint density at radius 2 is 1.84 bits per heavy atom. The number of oxazole rings is 1. The van der Waals surface area contributed by atoms with Gasteiger partial charge in [0.25, 0.3) is 11.9 Å². The topological polar surface area (TPSA) is 29.3 Å². The number of aromatic nitrogens is 1. The highest BCUT2D eigenvalue weighted by atomic mass is 19.3. The van der Waals surface area contributed by atoms with Gasteiger partial charge < -0.3 is 9.32 Å². The molecule has 0 amide bonds. The molecule has 0 unspecified atom stereocenters. The Labute approximate surface area is 109 Å². The van der Waals surface area contributed by atoms with Gasteiger partial charge in [-0.15, -0.1) is 0 Å². The van der Waals surface area contributed by atoms with Crippen molar-refractivity contribution in [3.05, 3.63) is 24.3 Å². The maximum Gasteiger partial charge on any atom is 0.298 e. The van der Waals surface area contributed by atoms with Crippen LogP contribution in [0.15, 0.2) is 28.7 Å². The largest absolute Gasteiger partial charge is 0.423 e. The molecule has 2 heterocycles. The number of alkyl halides is 2. The molecule has 1 spiro atoms. The zero-order chi connectivity index (χ0) is 13.1. The van der Waals surface area contributed by atoms with Gasteiger partial charge in [0.1, 0.15) is 5.52 Å². The van der Waals surface area contributed by atoms with Crippen LogP contribution in [0.2, 0.25) is 0 Å². The molecule has 1 aliphatic carbocycles. The monoisotopic (exact) mass is 264 g/mol. The molecular formula is C14H14F2N2O. The molecule has 1 aromatic carbocycles. The molecule has 0 atom stereocenters. The third kappa shape index (κ3) is 1.57. The van der Waals surface area contributed by atoms with E-state index in [2.05, 4.69) is 4.98 Å². The minimum Gasteiger partial charge on any atom is -0.423 e. The Balaban J connectivity index is 1.55. The summed E-state index contributed by atoms with van der Waals surface area (Å²) in [4.78, 5) is 6.38. The van der Waals surface area contributed by atoms with Gasteiger partial charge in [-0.25, -0.2) is 8.78 Å². The molecule has 5 heteroatoms. The predicted octanol–water partition coefficient (Wildman–Crippen LogP) is 3.45. The standard InChI is InChI=1S/C14H14F2N2O/c15-14(16)9-13(14)5-7-18(8-6-13)12-17-10-3-1-2-4-11(10)19-12/h1-4H,5-9H2. The molecule has 1 saturated carbocycles. The van der Waals surface area contributed by atoms with E-state index in [4.69, 9.17) is 4.42 Å². The second kappa shape index (κ2) is 3.46. The first kappa shape index (κ1) is 11.2. The number of anilines is 1. The van der Waals surface area contributed by atoms with Crippen LogP contribution in [-0.2, 0) is 0 Å². The van der Waals surface area contributed by atoms with Crippen molar-refractivity contribution in [3.8, 4) is 0 Å². The number of fused-ring (bicyclic) bond motifs is 1. The fourth-order valence-corrected chi connectivity index (χ4v) is 3.04. The SMILES string of the molecule is FC1(F)CC12CCN(c1nc3ccccc3o1)CC2. The minimum atomic E-state index is -2.44. The average Bonchev–Trinajstić information content (AvgIpc) is 2.76. The van der Waals surface area contributed by atoms with Gasteiger partial charge in [0.2, 0.25) is 0 Å². The van der Waals surface area contributed by atoms with Gasteiger partial charge in [-0.05, 0) is 25.0 Å². The van der Waals surface area contributed by atoms with Crippen molar-refractivity contribution in [2.75, 3.05) is 18.0 Å². The summed E-state index contributed by atoms with van der Waals surface area (Å²) < 4.78 is 32.3. The molecule has 2 aliphatic rings. The van der Waals surface area contributed by atoms with E-state index in [0.29, 0.717) is 31.9 Å². The zero-order valence-corrected chi connectivity index (χ0v) is 10.4. The van der Waals surface area contributed by atoms with E-state index in [0.717, 1.165) is 11.1 Å². The second-order valence-corrected chi connectivity index (χ2v) is 5.61. The lowest BCUT2D eigenvalue weighted by Gasteiger charge is -2.30. The van der Waals surface area contributed by atoms with Gasteiger partial charge in [0, 0.05) is 24.9 Å². The van der Waals surface area contributed by atoms with Crippen LogP contribution in [0.3, 0.4) is 0 Å². The molecule has 1 saturated heterocycles. The molecule has 0 N–H and O–H groups in total. The smallest absolute Gasteiger partial charge is 0.298 e. The minimum absolute atomic E-state index is 0.0569. The van der Waals surface area contributed by atoms with Gasteiger partial charge in [0.05, 0.1) is 0 Å². The van der Waals surface area contributed by atoms with Crippen LogP contribution < -0.4 is 4.90 Å². The van der Waals surface area contributed by atoms with Crippen LogP contribution in [-0.4, -0.2) is 24.0 Å². The fraction of sp³-hybridized carbons (Fsp3) is 0.500. The number of nitrogens with zero attached hydrogens (tertiary/aromatic N) is 2. The maximum atomic E-state index is 13.3. The van der Waals surface area contributed by atoms with Crippen molar-refractivity contribution >= 4 is 17.1 Å².